The molecule has 0 spiro atoms. The summed E-state index contributed by atoms with van der Waals surface area (Å²) in [6.45, 7) is -1.83. The highest BCUT2D eigenvalue weighted by Gasteiger charge is 2.54. The first kappa shape index (κ1) is 64.2. The lowest BCUT2D eigenvalue weighted by Crippen LogP contribution is -2.65. The van der Waals surface area contributed by atoms with Gasteiger partial charge in [-0.25, -0.2) is 0 Å². The maximum Gasteiger partial charge on any atom is 0.419 e. The Bertz CT molecular complexity index is 5740. The van der Waals surface area contributed by atoms with Crippen LogP contribution in [-0.4, -0.2) is 13.4 Å². The first-order chi connectivity index (χ1) is 51.9. The summed E-state index contributed by atoms with van der Waals surface area (Å²) in [5, 5.41) is 0. The van der Waals surface area contributed by atoms with Crippen molar-refractivity contribution in [1.82, 2.24) is 0 Å². The molecule has 0 saturated heterocycles. The van der Waals surface area contributed by atoms with Crippen LogP contribution in [0.3, 0.4) is 0 Å². The molecule has 0 bridgehead atoms. The number of fused-ring (bicyclic) bond motifs is 8. The largest absolute Gasteiger partial charge is 0.419 e. The molecule has 19 rings (SSSR count). The number of alkyl halides is 6. The Balaban J connectivity index is 0.938. The Hall–Kier alpha value is -12.6. The van der Waals surface area contributed by atoms with Crippen molar-refractivity contribution in [2.24, 2.45) is 0 Å². The molecule has 0 aliphatic carbocycles. The van der Waals surface area contributed by atoms with Crippen LogP contribution in [0.5, 0.6) is 0 Å². The minimum atomic E-state index is -5.24. The number of para-hydroxylation sites is 7. The summed E-state index contributed by atoms with van der Waals surface area (Å²) >= 11 is 1.03. The third-order valence-electron chi connectivity index (χ3n) is 20.8. The van der Waals surface area contributed by atoms with E-state index in [1.54, 1.807) is 36.4 Å². The normalized spacial score (nSPS) is 13.1. The maximum atomic E-state index is 18.7. The van der Waals surface area contributed by atoms with E-state index in [1.165, 1.54) is 11.0 Å². The van der Waals surface area contributed by atoms with Gasteiger partial charge in [-0.3, -0.25) is 0 Å². The van der Waals surface area contributed by atoms with Crippen LogP contribution in [0.4, 0.5) is 112 Å². The van der Waals surface area contributed by atoms with Gasteiger partial charge in [-0.1, -0.05) is 260 Å². The van der Waals surface area contributed by atoms with Gasteiger partial charge in [-0.2, -0.15) is 26.3 Å². The smallest absolute Gasteiger partial charge is 0.311 e. The minimum Gasteiger partial charge on any atom is -0.311 e. The molecule has 15 aromatic carbocycles. The second-order valence-corrected chi connectivity index (χ2v) is 27.9. The van der Waals surface area contributed by atoms with Crippen LogP contribution < -0.4 is 57.3 Å². The number of benzene rings is 15. The number of hydrogen-bond donors (Lipinski definition) is 0. The Morgan fingerprint density at radius 2 is 0.660 bits per heavy atom. The first-order valence-corrected chi connectivity index (χ1v) is 36.0. The van der Waals surface area contributed by atoms with E-state index in [4.69, 9.17) is 0 Å². The molecule has 0 amide bonds. The lowest BCUT2D eigenvalue weighted by Gasteiger charge is -2.47. The molecule has 14 heteroatoms. The van der Waals surface area contributed by atoms with Gasteiger partial charge >= 0.3 is 12.4 Å². The highest BCUT2D eigenvalue weighted by atomic mass is 32.2. The summed E-state index contributed by atoms with van der Waals surface area (Å²) < 4.78 is 107. The van der Waals surface area contributed by atoms with E-state index in [2.05, 4.69) is 112 Å². The van der Waals surface area contributed by atoms with Crippen LogP contribution >= 0.6 is 11.8 Å². The van der Waals surface area contributed by atoms with E-state index in [-0.39, 0.29) is 21.6 Å². The quantitative estimate of drug-likeness (QED) is 0.0889. The van der Waals surface area contributed by atoms with E-state index < -0.39 is 48.3 Å². The van der Waals surface area contributed by atoms with Crippen LogP contribution in [0.15, 0.2) is 368 Å². The molecule has 5 nitrogen and oxygen atoms in total. The second-order valence-electron chi connectivity index (χ2n) is 26.9. The van der Waals surface area contributed by atoms with E-state index in [0.29, 0.717) is 61.0 Å². The van der Waals surface area contributed by atoms with Gasteiger partial charge in [0, 0.05) is 83.6 Å². The summed E-state index contributed by atoms with van der Waals surface area (Å²) in [5.74, 6) is 0. The van der Waals surface area contributed by atoms with Crippen molar-refractivity contribution >= 4 is 143 Å². The Morgan fingerprint density at radius 3 is 1.13 bits per heavy atom. The summed E-state index contributed by atoms with van der Waals surface area (Å²) in [7, 11) is 0. The Kier molecular flexibility index (Phi) is 15.5. The molecule has 4 aliphatic rings. The first-order valence-electron chi connectivity index (χ1n) is 35.2. The van der Waals surface area contributed by atoms with Crippen LogP contribution in [0, 0.1) is 0 Å². The fourth-order valence-corrected chi connectivity index (χ4v) is 17.8. The summed E-state index contributed by atoms with van der Waals surface area (Å²) in [4.78, 5) is 10.3. The second kappa shape index (κ2) is 25.7. The van der Waals surface area contributed by atoms with Crippen LogP contribution in [0.2, 0.25) is 0 Å². The highest BCUT2D eigenvalue weighted by molar-refractivity contribution is 8.00. The average molecular weight is 1400 g/mol. The third kappa shape index (κ3) is 10.8. The van der Waals surface area contributed by atoms with Gasteiger partial charge in [0.2, 0.25) is 6.71 Å². The number of nitrogens with zero attached hydrogens (tertiary/aromatic N) is 5. The zero-order valence-electron chi connectivity index (χ0n) is 56.6. The topological polar surface area (TPSA) is 16.2 Å². The molecule has 0 aromatic heterocycles. The Morgan fingerprint density at radius 1 is 0.274 bits per heavy atom. The van der Waals surface area contributed by atoms with Crippen molar-refractivity contribution in [3.8, 4) is 33.4 Å². The van der Waals surface area contributed by atoms with Gasteiger partial charge in [0.1, 0.15) is 0 Å². The molecule has 4 aliphatic heterocycles. The standard InChI is InChI=1S/C92H59B2F6N5S/c95-91(96,97)74-42-26-41-73(64-31-12-3-13-32-64)88(74)105-82-56-71(101(65-33-14-4-15-34-65)66-35-16-5-17-36-66)55-81-86(82)93(75-43-22-24-45-79(75)103(81)67-37-18-6-19-38-67)77-59-78-90(85(89(77)105)92(98,99)100)106-84-58-72(57-83-87(84)94(78)76-44-23-25-46-80(76)104(83)68-39-20-7-21-40-68)102(69-51-47-62(48-52-69)60-27-8-1-9-28-60)70-53-49-63(50-54-70)61-29-10-2-11-30-61/h1-59H. The summed E-state index contributed by atoms with van der Waals surface area (Å²) in [5.41, 5.74) is 13.7. The van der Waals surface area contributed by atoms with E-state index in [0.717, 1.165) is 85.1 Å². The lowest BCUT2D eigenvalue weighted by atomic mass is 9.30. The SMILES string of the molecule is FC(F)(F)c1cccc(-c2ccccc2)c1N1c2cc(N(c3ccccc3)c3ccccc3)cc3c2B(c2ccccc2N3c2ccccc2)c2cc3c(c(C(F)(F)F)c21)Sc1cc(N(c2ccc(-c4ccccc4)cc2)c2ccc(-c4ccccc4)cc2)cc2c1B3c1ccccc1N2c1ccccc1. The van der Waals surface area contributed by atoms with Crippen LogP contribution in [-0.2, 0) is 12.4 Å². The molecule has 106 heavy (non-hydrogen) atoms. The average Bonchev–Trinajstić information content (AvgIpc) is 0.676. The molecule has 0 N–H and O–H groups in total. The molecule has 0 saturated carbocycles. The molecule has 0 atom stereocenters. The van der Waals surface area contributed by atoms with Crippen molar-refractivity contribution < 1.29 is 26.3 Å². The van der Waals surface area contributed by atoms with Gasteiger partial charge < -0.3 is 24.5 Å². The van der Waals surface area contributed by atoms with Crippen molar-refractivity contribution in [1.29, 1.82) is 0 Å². The minimum absolute atomic E-state index is 0.0899. The molecular weight excluding hydrogens is 1340 g/mol. The van der Waals surface area contributed by atoms with Crippen molar-refractivity contribution in [3.05, 3.63) is 369 Å². The van der Waals surface area contributed by atoms with Gasteiger partial charge in [0.05, 0.1) is 28.2 Å². The molecule has 15 aromatic rings. The number of anilines is 15. The fraction of sp³-hybridized carbons (Fsp3) is 0.0217. The highest BCUT2D eigenvalue weighted by Crippen LogP contribution is 2.58. The number of rotatable bonds is 12. The molecule has 0 unspecified atom stereocenters. The predicted octanol–water partition coefficient (Wildman–Crippen LogP) is 22.5. The number of halogens is 6. The van der Waals surface area contributed by atoms with Crippen LogP contribution in [0.25, 0.3) is 33.4 Å². The van der Waals surface area contributed by atoms with Gasteiger partial charge in [0.25, 0.3) is 6.71 Å². The molecule has 0 radical (unpaired) electrons. The van der Waals surface area contributed by atoms with Gasteiger partial charge in [-0.15, -0.1) is 0 Å². The molecule has 506 valence electrons. The van der Waals surface area contributed by atoms with E-state index in [9.17, 15) is 0 Å². The van der Waals surface area contributed by atoms with Crippen molar-refractivity contribution in [2.45, 2.75) is 22.1 Å². The van der Waals surface area contributed by atoms with E-state index >= 15 is 26.3 Å². The zero-order chi connectivity index (χ0) is 71.4. The molecular formula is C92H59B2F6N5S. The van der Waals surface area contributed by atoms with Crippen molar-refractivity contribution in [2.75, 3.05) is 24.5 Å². The molecule has 4 heterocycles. The summed E-state index contributed by atoms with van der Waals surface area (Å²) in [6, 6.07) is 114. The van der Waals surface area contributed by atoms with Crippen LogP contribution in [0.1, 0.15) is 11.1 Å². The third-order valence-corrected chi connectivity index (χ3v) is 22.0. The van der Waals surface area contributed by atoms with E-state index in [1.807, 2.05) is 217 Å². The summed E-state index contributed by atoms with van der Waals surface area (Å²) in [6.07, 6.45) is -10.3. The molecule has 0 fully saturated rings. The predicted molar refractivity (Wildman–Crippen MR) is 426 cm³/mol. The zero-order valence-corrected chi connectivity index (χ0v) is 57.4. The van der Waals surface area contributed by atoms with Gasteiger partial charge in [-0.05, 0) is 170 Å². The van der Waals surface area contributed by atoms with Gasteiger partial charge in [0.15, 0.2) is 0 Å². The number of hydrogen-bond acceptors (Lipinski definition) is 6. The fourth-order valence-electron chi connectivity index (χ4n) is 16.5. The lowest BCUT2D eigenvalue weighted by molar-refractivity contribution is -0.139. The maximum absolute atomic E-state index is 18.7. The Labute approximate surface area is 614 Å². The monoisotopic (exact) mass is 1400 g/mol. The van der Waals surface area contributed by atoms with Crippen molar-refractivity contribution in [3.63, 3.8) is 0 Å².